The highest BCUT2D eigenvalue weighted by atomic mass is 16.5. The molecule has 0 spiro atoms. The number of aromatic nitrogens is 1. The van der Waals surface area contributed by atoms with E-state index in [1.54, 1.807) is 6.20 Å². The van der Waals surface area contributed by atoms with Gasteiger partial charge in [0.2, 0.25) is 0 Å². The monoisotopic (exact) mass is 233 g/mol. The molecule has 4 heteroatoms. The van der Waals surface area contributed by atoms with Gasteiger partial charge in [0.15, 0.2) is 0 Å². The van der Waals surface area contributed by atoms with Crippen molar-refractivity contribution in [3.63, 3.8) is 0 Å². The molecule has 92 valence electrons. The first-order chi connectivity index (χ1) is 8.35. The van der Waals surface area contributed by atoms with Gasteiger partial charge in [-0.2, -0.15) is 0 Å². The van der Waals surface area contributed by atoms with Crippen molar-refractivity contribution < 1.29 is 4.74 Å². The zero-order valence-electron chi connectivity index (χ0n) is 10.2. The second kappa shape index (κ2) is 4.53. The first-order valence-electron chi connectivity index (χ1n) is 6.41. The van der Waals surface area contributed by atoms with Crippen LogP contribution in [-0.2, 0) is 0 Å². The van der Waals surface area contributed by atoms with Crippen LogP contribution < -0.4 is 15.0 Å². The molecule has 2 aliphatic heterocycles. The predicted octanol–water partition coefficient (Wildman–Crippen LogP) is 1.28. The zero-order chi connectivity index (χ0) is 11.7. The standard InChI is InChI=1S/C13H19N3O/c1-2-17-13-4-12(6-14-7-13)16-8-10-3-11(9-16)15-5-10/h4,6-7,10-11,15H,2-3,5,8-9H2,1H3. The van der Waals surface area contributed by atoms with Gasteiger partial charge in [0.25, 0.3) is 0 Å². The van der Waals surface area contributed by atoms with E-state index in [0.29, 0.717) is 12.6 Å². The second-order valence-electron chi connectivity index (χ2n) is 4.92. The molecule has 1 N–H and O–H groups in total. The smallest absolute Gasteiger partial charge is 0.139 e. The molecule has 0 aliphatic carbocycles. The zero-order valence-corrected chi connectivity index (χ0v) is 10.2. The Morgan fingerprint density at radius 1 is 1.47 bits per heavy atom. The van der Waals surface area contributed by atoms with E-state index in [0.717, 1.165) is 24.8 Å². The number of nitrogens with zero attached hydrogens (tertiary/aromatic N) is 2. The van der Waals surface area contributed by atoms with Gasteiger partial charge in [-0.15, -0.1) is 0 Å². The van der Waals surface area contributed by atoms with Gasteiger partial charge in [0.1, 0.15) is 5.75 Å². The van der Waals surface area contributed by atoms with Crippen molar-refractivity contribution >= 4 is 5.69 Å². The summed E-state index contributed by atoms with van der Waals surface area (Å²) in [5, 5.41) is 3.56. The molecule has 2 aliphatic rings. The molecule has 0 aromatic carbocycles. The quantitative estimate of drug-likeness (QED) is 0.853. The number of ether oxygens (including phenoxy) is 1. The van der Waals surface area contributed by atoms with Gasteiger partial charge in [0, 0.05) is 31.7 Å². The lowest BCUT2D eigenvalue weighted by Crippen LogP contribution is -2.41. The minimum absolute atomic E-state index is 0.657. The topological polar surface area (TPSA) is 37.4 Å². The average Bonchev–Trinajstić information content (AvgIpc) is 2.69. The molecular formula is C13H19N3O. The fourth-order valence-corrected chi connectivity index (χ4v) is 2.87. The van der Waals surface area contributed by atoms with Crippen LogP contribution in [-0.4, -0.2) is 37.3 Å². The van der Waals surface area contributed by atoms with Gasteiger partial charge in [-0.05, 0) is 19.3 Å². The molecule has 3 rings (SSSR count). The van der Waals surface area contributed by atoms with Gasteiger partial charge in [-0.25, -0.2) is 0 Å². The molecule has 0 radical (unpaired) electrons. The number of pyridine rings is 1. The van der Waals surface area contributed by atoms with Crippen molar-refractivity contribution in [2.45, 2.75) is 19.4 Å². The van der Waals surface area contributed by atoms with Crippen LogP contribution in [0.5, 0.6) is 5.75 Å². The molecule has 17 heavy (non-hydrogen) atoms. The Labute approximate surface area is 102 Å². The van der Waals surface area contributed by atoms with Gasteiger partial charge >= 0.3 is 0 Å². The van der Waals surface area contributed by atoms with E-state index in [4.69, 9.17) is 4.74 Å². The third-order valence-electron chi connectivity index (χ3n) is 3.61. The number of fused-ring (bicyclic) bond motifs is 2. The minimum atomic E-state index is 0.657. The minimum Gasteiger partial charge on any atom is -0.492 e. The van der Waals surface area contributed by atoms with E-state index < -0.39 is 0 Å². The van der Waals surface area contributed by atoms with E-state index in [2.05, 4.69) is 21.3 Å². The van der Waals surface area contributed by atoms with Crippen LogP contribution >= 0.6 is 0 Å². The highest BCUT2D eigenvalue weighted by Gasteiger charge is 2.32. The summed E-state index contributed by atoms with van der Waals surface area (Å²) >= 11 is 0. The van der Waals surface area contributed by atoms with Crippen LogP contribution in [0.1, 0.15) is 13.3 Å². The molecule has 3 heterocycles. The summed E-state index contributed by atoms with van der Waals surface area (Å²) in [6.45, 7) is 6.09. The number of hydrogen-bond acceptors (Lipinski definition) is 4. The molecule has 0 saturated carbocycles. The van der Waals surface area contributed by atoms with Crippen molar-refractivity contribution in [3.8, 4) is 5.75 Å². The Morgan fingerprint density at radius 3 is 3.24 bits per heavy atom. The van der Waals surface area contributed by atoms with E-state index in [-0.39, 0.29) is 0 Å². The van der Waals surface area contributed by atoms with Crippen molar-refractivity contribution in [2.75, 3.05) is 31.1 Å². The lowest BCUT2D eigenvalue weighted by atomic mass is 10.00. The summed E-state index contributed by atoms with van der Waals surface area (Å²) < 4.78 is 5.50. The Bertz CT molecular complexity index is 384. The van der Waals surface area contributed by atoms with Gasteiger partial charge in [0.05, 0.1) is 24.7 Å². The van der Waals surface area contributed by atoms with Crippen LogP contribution in [0.3, 0.4) is 0 Å². The molecule has 2 bridgehead atoms. The SMILES string of the molecule is CCOc1cncc(N2CC3CNC(C3)C2)c1. The Kier molecular flexibility index (Phi) is 2.89. The van der Waals surface area contributed by atoms with Crippen LogP contribution in [0.15, 0.2) is 18.5 Å². The van der Waals surface area contributed by atoms with Crippen LogP contribution in [0, 0.1) is 5.92 Å². The maximum Gasteiger partial charge on any atom is 0.139 e. The van der Waals surface area contributed by atoms with E-state index in [1.165, 1.54) is 18.7 Å². The molecular weight excluding hydrogens is 214 g/mol. The maximum absolute atomic E-state index is 5.50. The summed E-state index contributed by atoms with van der Waals surface area (Å²) in [5.41, 5.74) is 1.19. The first-order valence-corrected chi connectivity index (χ1v) is 6.41. The van der Waals surface area contributed by atoms with Crippen molar-refractivity contribution in [1.82, 2.24) is 10.3 Å². The summed E-state index contributed by atoms with van der Waals surface area (Å²) in [4.78, 5) is 6.69. The first kappa shape index (κ1) is 10.8. The van der Waals surface area contributed by atoms with Gasteiger partial charge in [-0.3, -0.25) is 4.98 Å². The molecule has 2 atom stereocenters. The highest BCUT2D eigenvalue weighted by molar-refractivity contribution is 5.49. The number of anilines is 1. The molecule has 1 aromatic heterocycles. The molecule has 4 nitrogen and oxygen atoms in total. The largest absolute Gasteiger partial charge is 0.492 e. The molecule has 2 fully saturated rings. The summed E-state index contributed by atoms with van der Waals surface area (Å²) in [6.07, 6.45) is 5.05. The van der Waals surface area contributed by atoms with E-state index in [1.807, 2.05) is 13.1 Å². The molecule has 2 unspecified atom stereocenters. The van der Waals surface area contributed by atoms with Crippen LogP contribution in [0.4, 0.5) is 5.69 Å². The Balaban J connectivity index is 1.77. The fourth-order valence-electron chi connectivity index (χ4n) is 2.87. The van der Waals surface area contributed by atoms with Crippen LogP contribution in [0.2, 0.25) is 0 Å². The maximum atomic E-state index is 5.50. The Morgan fingerprint density at radius 2 is 2.41 bits per heavy atom. The Hall–Kier alpha value is -1.29. The van der Waals surface area contributed by atoms with Gasteiger partial charge < -0.3 is 15.0 Å². The lowest BCUT2D eigenvalue weighted by Gasteiger charge is -2.32. The van der Waals surface area contributed by atoms with Crippen molar-refractivity contribution in [2.24, 2.45) is 5.92 Å². The molecule has 2 saturated heterocycles. The lowest BCUT2D eigenvalue weighted by molar-refractivity contribution is 0.338. The highest BCUT2D eigenvalue weighted by Crippen LogP contribution is 2.28. The second-order valence-corrected chi connectivity index (χ2v) is 4.92. The number of piperidine rings is 1. The summed E-state index contributed by atoms with van der Waals surface area (Å²) in [5.74, 6) is 1.67. The molecule has 1 aromatic rings. The molecule has 0 amide bonds. The third-order valence-corrected chi connectivity index (χ3v) is 3.61. The summed E-state index contributed by atoms with van der Waals surface area (Å²) in [6, 6.07) is 2.76. The van der Waals surface area contributed by atoms with Crippen molar-refractivity contribution in [1.29, 1.82) is 0 Å². The normalized spacial score (nSPS) is 27.2. The van der Waals surface area contributed by atoms with E-state index >= 15 is 0 Å². The average molecular weight is 233 g/mol. The number of hydrogen-bond donors (Lipinski definition) is 1. The van der Waals surface area contributed by atoms with E-state index in [9.17, 15) is 0 Å². The third kappa shape index (κ3) is 2.22. The summed E-state index contributed by atoms with van der Waals surface area (Å²) in [7, 11) is 0. The fraction of sp³-hybridized carbons (Fsp3) is 0.615. The number of rotatable bonds is 3. The predicted molar refractivity (Wildman–Crippen MR) is 67.5 cm³/mol. The van der Waals surface area contributed by atoms with Gasteiger partial charge in [-0.1, -0.05) is 0 Å². The van der Waals surface area contributed by atoms with Crippen LogP contribution in [0.25, 0.3) is 0 Å². The number of nitrogens with one attached hydrogen (secondary N) is 1. The van der Waals surface area contributed by atoms with Crippen molar-refractivity contribution in [3.05, 3.63) is 18.5 Å².